The number of aliphatic carboxylic acids is 2. The standard InChI is InChI=1S/C21H20FN7.C4H4O4/c1-13(14-3-5-16(22)6-4-14)20-17(15-10-26-29(2)12-15)9-18(28-21(20)23)27-19-11-24-7-8-25-19;5-3(6)1-2-4(7)8/h3-13H,1-2H3,(H3,23,25,27,28);1-2H,(H,5,6)(H,7,8)/b;2-1-. The third-order valence-corrected chi connectivity index (χ3v) is 5.09. The molecular formula is C25H24FN7O4. The largest absolute Gasteiger partial charge is 0.478 e. The fraction of sp³-hybridized carbons (Fsp3) is 0.120. The molecule has 0 aliphatic heterocycles. The Labute approximate surface area is 211 Å². The molecule has 0 aliphatic carbocycles. The number of hydrogen-bond donors (Lipinski definition) is 4. The van der Waals surface area contributed by atoms with E-state index < -0.39 is 11.9 Å². The van der Waals surface area contributed by atoms with Gasteiger partial charge >= 0.3 is 11.9 Å². The maximum Gasteiger partial charge on any atom is 0.328 e. The first-order valence-electron chi connectivity index (χ1n) is 10.9. The number of anilines is 3. The molecular weight excluding hydrogens is 481 g/mol. The molecule has 0 aliphatic rings. The lowest BCUT2D eigenvalue weighted by Gasteiger charge is -2.20. The molecule has 37 heavy (non-hydrogen) atoms. The molecule has 0 radical (unpaired) electrons. The van der Waals surface area contributed by atoms with Crippen molar-refractivity contribution < 1.29 is 24.2 Å². The minimum atomic E-state index is -1.26. The van der Waals surface area contributed by atoms with E-state index in [2.05, 4.69) is 25.4 Å². The van der Waals surface area contributed by atoms with E-state index in [9.17, 15) is 14.0 Å². The normalized spacial score (nSPS) is 11.4. The number of carboxylic acid groups (broad SMARTS) is 2. The summed E-state index contributed by atoms with van der Waals surface area (Å²) in [6, 6.07) is 8.33. The van der Waals surface area contributed by atoms with Crippen LogP contribution in [0.1, 0.15) is 24.0 Å². The van der Waals surface area contributed by atoms with Crippen molar-refractivity contribution in [3.8, 4) is 11.1 Å². The number of nitrogens with two attached hydrogens (primary N) is 1. The smallest absolute Gasteiger partial charge is 0.328 e. The van der Waals surface area contributed by atoms with E-state index in [0.29, 0.717) is 29.6 Å². The second-order valence-electron chi connectivity index (χ2n) is 7.76. The van der Waals surface area contributed by atoms with Crippen molar-refractivity contribution in [2.24, 2.45) is 7.05 Å². The first-order valence-corrected chi connectivity index (χ1v) is 10.9. The van der Waals surface area contributed by atoms with Gasteiger partial charge in [0.05, 0.1) is 12.4 Å². The number of nitrogens with zero attached hydrogens (tertiary/aromatic N) is 5. The van der Waals surface area contributed by atoms with E-state index in [1.165, 1.54) is 12.1 Å². The van der Waals surface area contributed by atoms with Gasteiger partial charge in [-0.25, -0.2) is 23.9 Å². The molecule has 11 nitrogen and oxygen atoms in total. The maximum absolute atomic E-state index is 13.4. The fourth-order valence-electron chi connectivity index (χ4n) is 3.45. The van der Waals surface area contributed by atoms with Crippen molar-refractivity contribution in [3.05, 3.63) is 90.4 Å². The van der Waals surface area contributed by atoms with Crippen molar-refractivity contribution >= 4 is 29.4 Å². The zero-order valence-electron chi connectivity index (χ0n) is 19.9. The number of hydrogen-bond acceptors (Lipinski definition) is 8. The van der Waals surface area contributed by atoms with Crippen LogP contribution in [-0.2, 0) is 16.6 Å². The molecule has 0 fully saturated rings. The molecule has 3 aromatic heterocycles. The summed E-state index contributed by atoms with van der Waals surface area (Å²) >= 11 is 0. The summed E-state index contributed by atoms with van der Waals surface area (Å²) in [7, 11) is 1.86. The fourth-order valence-corrected chi connectivity index (χ4v) is 3.45. The molecule has 1 atom stereocenters. The molecule has 12 heteroatoms. The molecule has 5 N–H and O–H groups in total. The van der Waals surface area contributed by atoms with Gasteiger partial charge in [0.25, 0.3) is 0 Å². The summed E-state index contributed by atoms with van der Waals surface area (Å²) in [6.45, 7) is 2.02. The summed E-state index contributed by atoms with van der Waals surface area (Å²) in [5.74, 6) is -1.38. The zero-order valence-corrected chi connectivity index (χ0v) is 19.9. The lowest BCUT2D eigenvalue weighted by atomic mass is 9.88. The minimum absolute atomic E-state index is 0.0936. The van der Waals surface area contributed by atoms with Gasteiger partial charge in [0.15, 0.2) is 0 Å². The highest BCUT2D eigenvalue weighted by Crippen LogP contribution is 2.38. The first-order chi connectivity index (χ1) is 17.6. The van der Waals surface area contributed by atoms with Crippen molar-refractivity contribution in [1.82, 2.24) is 24.7 Å². The Morgan fingerprint density at radius 3 is 2.30 bits per heavy atom. The van der Waals surface area contributed by atoms with Crippen LogP contribution in [0.25, 0.3) is 11.1 Å². The average Bonchev–Trinajstić information content (AvgIpc) is 3.30. The molecule has 0 bridgehead atoms. The molecule has 0 amide bonds. The SMILES string of the molecule is CC(c1ccc(F)cc1)c1c(-c2cnn(C)c2)cc(Nc2cnccn2)nc1N.O=C(O)/C=C\C(=O)O. The van der Waals surface area contributed by atoms with Gasteiger partial charge in [-0.2, -0.15) is 5.10 Å². The molecule has 3 heterocycles. The van der Waals surface area contributed by atoms with E-state index in [0.717, 1.165) is 22.3 Å². The number of pyridine rings is 1. The maximum atomic E-state index is 13.4. The summed E-state index contributed by atoms with van der Waals surface area (Å²) in [6.07, 6.45) is 9.62. The van der Waals surface area contributed by atoms with Crippen LogP contribution in [0.15, 0.2) is 73.5 Å². The van der Waals surface area contributed by atoms with Crippen LogP contribution >= 0.6 is 0 Å². The Balaban J connectivity index is 0.000000414. The molecule has 1 aromatic carbocycles. The summed E-state index contributed by atoms with van der Waals surface area (Å²) in [4.78, 5) is 31.9. The van der Waals surface area contributed by atoms with Crippen LogP contribution in [0.2, 0.25) is 0 Å². The number of nitrogens with one attached hydrogen (secondary N) is 1. The average molecular weight is 506 g/mol. The first kappa shape index (κ1) is 26.5. The molecule has 1 unspecified atom stereocenters. The van der Waals surface area contributed by atoms with Crippen LogP contribution in [0, 0.1) is 5.82 Å². The zero-order chi connectivity index (χ0) is 26.9. The highest BCUT2D eigenvalue weighted by Gasteiger charge is 2.21. The third kappa shape index (κ3) is 7.42. The lowest BCUT2D eigenvalue weighted by molar-refractivity contribution is -0.134. The number of nitrogen functional groups attached to an aromatic ring is 1. The molecule has 0 saturated heterocycles. The van der Waals surface area contributed by atoms with Crippen molar-refractivity contribution in [2.45, 2.75) is 12.8 Å². The monoisotopic (exact) mass is 505 g/mol. The number of halogens is 1. The van der Waals surface area contributed by atoms with Gasteiger partial charge in [-0.05, 0) is 29.3 Å². The van der Waals surface area contributed by atoms with Gasteiger partial charge in [-0.3, -0.25) is 9.67 Å². The van der Waals surface area contributed by atoms with Crippen LogP contribution in [0.4, 0.5) is 21.8 Å². The Hall–Kier alpha value is -5.13. The van der Waals surface area contributed by atoms with E-state index in [1.807, 2.05) is 26.2 Å². The number of carbonyl (C=O) groups is 2. The van der Waals surface area contributed by atoms with E-state index in [-0.39, 0.29) is 11.7 Å². The van der Waals surface area contributed by atoms with E-state index in [1.54, 1.807) is 41.6 Å². The van der Waals surface area contributed by atoms with Gasteiger partial charge in [0.2, 0.25) is 0 Å². The number of rotatable bonds is 7. The van der Waals surface area contributed by atoms with Crippen molar-refractivity contribution in [3.63, 3.8) is 0 Å². The Morgan fingerprint density at radius 2 is 1.76 bits per heavy atom. The van der Waals surface area contributed by atoms with E-state index >= 15 is 0 Å². The van der Waals surface area contributed by atoms with Crippen LogP contribution in [0.3, 0.4) is 0 Å². The molecule has 4 rings (SSSR count). The van der Waals surface area contributed by atoms with Gasteiger partial charge in [0.1, 0.15) is 23.3 Å². The predicted octanol–water partition coefficient (Wildman–Crippen LogP) is 3.60. The van der Waals surface area contributed by atoms with E-state index in [4.69, 9.17) is 15.9 Å². The molecule has 190 valence electrons. The number of aromatic nitrogens is 5. The second kappa shape index (κ2) is 12.0. The van der Waals surface area contributed by atoms with Gasteiger partial charge in [-0.1, -0.05) is 19.1 Å². The molecule has 4 aromatic rings. The minimum Gasteiger partial charge on any atom is -0.478 e. The predicted molar refractivity (Wildman–Crippen MR) is 134 cm³/mol. The van der Waals surface area contributed by atoms with Gasteiger partial charge in [0, 0.05) is 54.8 Å². The quantitative estimate of drug-likeness (QED) is 0.272. The van der Waals surface area contributed by atoms with Crippen molar-refractivity contribution in [1.29, 1.82) is 0 Å². The Morgan fingerprint density at radius 1 is 1.08 bits per heavy atom. The molecule has 0 spiro atoms. The summed E-state index contributed by atoms with van der Waals surface area (Å²) < 4.78 is 15.1. The topological polar surface area (TPSA) is 169 Å². The Kier molecular flexibility index (Phi) is 8.60. The molecule has 0 saturated carbocycles. The highest BCUT2D eigenvalue weighted by atomic mass is 19.1. The van der Waals surface area contributed by atoms with Gasteiger partial charge in [-0.15, -0.1) is 0 Å². The number of aryl methyl sites for hydroxylation is 1. The van der Waals surface area contributed by atoms with Crippen LogP contribution in [-0.4, -0.2) is 46.9 Å². The number of benzene rings is 1. The highest BCUT2D eigenvalue weighted by molar-refractivity contribution is 5.89. The summed E-state index contributed by atoms with van der Waals surface area (Å²) in [5, 5.41) is 23.0. The Bertz CT molecular complexity index is 1390. The second-order valence-corrected chi connectivity index (χ2v) is 7.76. The van der Waals surface area contributed by atoms with Gasteiger partial charge < -0.3 is 21.3 Å². The third-order valence-electron chi connectivity index (χ3n) is 5.09. The van der Waals surface area contributed by atoms with Crippen LogP contribution in [0.5, 0.6) is 0 Å². The summed E-state index contributed by atoms with van der Waals surface area (Å²) in [5.41, 5.74) is 10.0. The lowest BCUT2D eigenvalue weighted by Crippen LogP contribution is -2.08. The number of carboxylic acids is 2. The van der Waals surface area contributed by atoms with Crippen molar-refractivity contribution in [2.75, 3.05) is 11.1 Å². The van der Waals surface area contributed by atoms with Crippen LogP contribution < -0.4 is 11.1 Å².